The summed E-state index contributed by atoms with van der Waals surface area (Å²) in [5, 5.41) is 8.32. The minimum Gasteiger partial charge on any atom is -0.275 e. The average molecular weight is 373 g/mol. The second kappa shape index (κ2) is 7.05. The maximum absolute atomic E-state index is 13.4. The van der Waals surface area contributed by atoms with Gasteiger partial charge in [0.15, 0.2) is 0 Å². The van der Waals surface area contributed by atoms with Gasteiger partial charge >= 0.3 is 0 Å². The fourth-order valence-corrected chi connectivity index (χ4v) is 4.71. The first-order chi connectivity index (χ1) is 12.3. The smallest absolute Gasteiger partial charge is 0.243 e. The number of hydrogen-bond acceptors (Lipinski definition) is 4. The van der Waals surface area contributed by atoms with Gasteiger partial charge in [-0.3, -0.25) is 4.68 Å². The van der Waals surface area contributed by atoms with E-state index in [-0.39, 0.29) is 12.6 Å². The zero-order chi connectivity index (χ0) is 18.9. The minimum absolute atomic E-state index is 0.187. The Morgan fingerprint density at radius 1 is 1.23 bits per heavy atom. The lowest BCUT2D eigenvalue weighted by Gasteiger charge is -2.26. The van der Waals surface area contributed by atoms with Crippen molar-refractivity contribution < 1.29 is 8.42 Å². The summed E-state index contributed by atoms with van der Waals surface area (Å²) in [7, 11) is -1.86. The van der Waals surface area contributed by atoms with Crippen LogP contribution in [0.3, 0.4) is 0 Å². The van der Waals surface area contributed by atoms with Crippen molar-refractivity contribution in [3.05, 3.63) is 60.2 Å². The largest absolute Gasteiger partial charge is 0.275 e. The van der Waals surface area contributed by atoms with Crippen LogP contribution in [0, 0.1) is 6.92 Å². The summed E-state index contributed by atoms with van der Waals surface area (Å²) in [4.78, 5) is 0.295. The van der Waals surface area contributed by atoms with Crippen LogP contribution < -0.4 is 0 Å². The van der Waals surface area contributed by atoms with Crippen LogP contribution in [0.5, 0.6) is 0 Å². The lowest BCUT2D eigenvalue weighted by atomic mass is 10.2. The molecule has 3 aromatic rings. The van der Waals surface area contributed by atoms with Gasteiger partial charge in [-0.1, -0.05) is 6.07 Å². The first-order valence-electron chi connectivity index (χ1n) is 8.39. The van der Waals surface area contributed by atoms with Crippen molar-refractivity contribution >= 4 is 10.0 Å². The molecule has 0 bridgehead atoms. The number of benzene rings is 1. The van der Waals surface area contributed by atoms with Crippen molar-refractivity contribution in [2.45, 2.75) is 38.3 Å². The van der Waals surface area contributed by atoms with Crippen molar-refractivity contribution in [3.63, 3.8) is 0 Å². The Bertz CT molecular complexity index is 991. The Labute approximate surface area is 153 Å². The van der Waals surface area contributed by atoms with Gasteiger partial charge < -0.3 is 0 Å². The van der Waals surface area contributed by atoms with E-state index in [1.165, 1.54) is 4.31 Å². The van der Waals surface area contributed by atoms with Crippen LogP contribution >= 0.6 is 0 Å². The molecule has 0 aliphatic rings. The van der Waals surface area contributed by atoms with E-state index < -0.39 is 10.0 Å². The van der Waals surface area contributed by atoms with Crippen LogP contribution in [0.25, 0.3) is 5.69 Å². The molecule has 0 saturated heterocycles. The number of rotatable bonds is 6. The van der Waals surface area contributed by atoms with Crippen molar-refractivity contribution in [1.29, 1.82) is 0 Å². The Hall–Kier alpha value is -2.45. The highest BCUT2D eigenvalue weighted by Crippen LogP contribution is 2.26. The standard InChI is InChI=1S/C18H23N5O2S/c1-14(2)23(13-16-11-20-21(4)12-16)26(24,25)18-10-17(7-6-15(18)3)22-9-5-8-19-22/h5-12,14H,13H2,1-4H3. The summed E-state index contributed by atoms with van der Waals surface area (Å²) in [6, 6.07) is 6.97. The van der Waals surface area contributed by atoms with E-state index in [2.05, 4.69) is 10.2 Å². The van der Waals surface area contributed by atoms with E-state index >= 15 is 0 Å². The average Bonchev–Trinajstić information content (AvgIpc) is 3.24. The van der Waals surface area contributed by atoms with Crippen molar-refractivity contribution in [1.82, 2.24) is 23.9 Å². The maximum atomic E-state index is 13.4. The van der Waals surface area contributed by atoms with E-state index in [0.29, 0.717) is 16.1 Å². The predicted octanol–water partition coefficient (Wildman–Crippen LogP) is 2.51. The zero-order valence-electron chi connectivity index (χ0n) is 15.4. The van der Waals surface area contributed by atoms with Gasteiger partial charge in [-0.05, 0) is 44.5 Å². The SMILES string of the molecule is Cc1ccc(-n2cccn2)cc1S(=O)(=O)N(Cc1cnn(C)c1)C(C)C. The summed E-state index contributed by atoms with van der Waals surface area (Å²) in [5.41, 5.74) is 2.27. The highest BCUT2D eigenvalue weighted by atomic mass is 32.2. The molecule has 1 aromatic carbocycles. The summed E-state index contributed by atoms with van der Waals surface area (Å²) in [5.74, 6) is 0. The molecular weight excluding hydrogens is 350 g/mol. The molecule has 0 saturated carbocycles. The van der Waals surface area contributed by atoms with Crippen LogP contribution in [-0.2, 0) is 23.6 Å². The van der Waals surface area contributed by atoms with Crippen LogP contribution in [0.1, 0.15) is 25.0 Å². The molecule has 0 aliphatic heterocycles. The predicted molar refractivity (Wildman–Crippen MR) is 99.4 cm³/mol. The van der Waals surface area contributed by atoms with E-state index in [1.807, 2.05) is 46.1 Å². The fourth-order valence-electron chi connectivity index (χ4n) is 2.84. The van der Waals surface area contributed by atoms with Gasteiger partial charge in [0.05, 0.1) is 16.8 Å². The molecular formula is C18H23N5O2S. The molecule has 7 nitrogen and oxygen atoms in total. The number of nitrogens with zero attached hydrogens (tertiary/aromatic N) is 5. The molecule has 2 aromatic heterocycles. The normalized spacial score (nSPS) is 12.2. The van der Waals surface area contributed by atoms with E-state index in [0.717, 1.165) is 5.56 Å². The molecule has 0 radical (unpaired) electrons. The Morgan fingerprint density at radius 3 is 2.58 bits per heavy atom. The lowest BCUT2D eigenvalue weighted by molar-refractivity contribution is 0.348. The van der Waals surface area contributed by atoms with E-state index in [9.17, 15) is 8.42 Å². The molecule has 0 amide bonds. The number of sulfonamides is 1. The van der Waals surface area contributed by atoms with Gasteiger partial charge in [-0.2, -0.15) is 14.5 Å². The molecule has 0 fully saturated rings. The molecule has 0 unspecified atom stereocenters. The first kappa shape index (κ1) is 18.3. The third-order valence-corrected chi connectivity index (χ3v) is 6.36. The Morgan fingerprint density at radius 2 is 2.00 bits per heavy atom. The van der Waals surface area contributed by atoms with Gasteiger partial charge in [0.25, 0.3) is 0 Å². The van der Waals surface area contributed by atoms with Gasteiger partial charge in [0, 0.05) is 43.8 Å². The first-order valence-corrected chi connectivity index (χ1v) is 9.83. The zero-order valence-corrected chi connectivity index (χ0v) is 16.2. The number of hydrogen-bond donors (Lipinski definition) is 0. The maximum Gasteiger partial charge on any atom is 0.243 e. The summed E-state index contributed by atoms with van der Waals surface area (Å²) in [6.07, 6.45) is 6.98. The molecule has 138 valence electrons. The monoisotopic (exact) mass is 373 g/mol. The summed E-state index contributed by atoms with van der Waals surface area (Å²) < 4.78 is 31.6. The molecule has 2 heterocycles. The van der Waals surface area contributed by atoms with Gasteiger partial charge in [0.1, 0.15) is 0 Å². The minimum atomic E-state index is -3.68. The second-order valence-corrected chi connectivity index (χ2v) is 8.43. The number of aryl methyl sites for hydroxylation is 2. The molecule has 8 heteroatoms. The Kier molecular flexibility index (Phi) is 4.97. The molecule has 26 heavy (non-hydrogen) atoms. The molecule has 0 spiro atoms. The summed E-state index contributed by atoms with van der Waals surface area (Å²) in [6.45, 7) is 5.84. The number of aromatic nitrogens is 4. The molecule has 3 rings (SSSR count). The van der Waals surface area contributed by atoms with Gasteiger partial charge in [0.2, 0.25) is 10.0 Å². The van der Waals surface area contributed by atoms with Crippen LogP contribution in [0.15, 0.2) is 53.9 Å². The second-order valence-electron chi connectivity index (χ2n) is 6.57. The quantitative estimate of drug-likeness (QED) is 0.665. The van der Waals surface area contributed by atoms with Crippen molar-refractivity contribution in [3.8, 4) is 5.69 Å². The van der Waals surface area contributed by atoms with E-state index in [4.69, 9.17) is 0 Å². The lowest BCUT2D eigenvalue weighted by Crippen LogP contribution is -2.36. The van der Waals surface area contributed by atoms with Crippen molar-refractivity contribution in [2.75, 3.05) is 0 Å². The van der Waals surface area contributed by atoms with E-state index in [1.54, 1.807) is 40.1 Å². The van der Waals surface area contributed by atoms with Gasteiger partial charge in [-0.15, -0.1) is 0 Å². The summed E-state index contributed by atoms with van der Waals surface area (Å²) >= 11 is 0. The van der Waals surface area contributed by atoms with Crippen molar-refractivity contribution in [2.24, 2.45) is 7.05 Å². The molecule has 0 aliphatic carbocycles. The van der Waals surface area contributed by atoms with Gasteiger partial charge in [-0.25, -0.2) is 13.1 Å². The third-order valence-electron chi connectivity index (χ3n) is 4.20. The molecule has 0 atom stereocenters. The fraction of sp³-hybridized carbons (Fsp3) is 0.333. The van der Waals surface area contributed by atoms with Crippen LogP contribution in [0.2, 0.25) is 0 Å². The molecule has 0 N–H and O–H groups in total. The van der Waals surface area contributed by atoms with Crippen LogP contribution in [-0.4, -0.2) is 38.3 Å². The Balaban J connectivity index is 2.03. The highest BCUT2D eigenvalue weighted by molar-refractivity contribution is 7.89. The topological polar surface area (TPSA) is 73.0 Å². The van der Waals surface area contributed by atoms with Crippen LogP contribution in [0.4, 0.5) is 0 Å². The third kappa shape index (κ3) is 3.56. The highest BCUT2D eigenvalue weighted by Gasteiger charge is 2.29.